The van der Waals surface area contributed by atoms with Gasteiger partial charge in [-0.3, -0.25) is 5.01 Å². The average molecular weight is 361 g/mol. The predicted molar refractivity (Wildman–Crippen MR) is 104 cm³/mol. The molecule has 1 saturated carbocycles. The normalized spacial score (nSPS) is 16.7. The van der Waals surface area contributed by atoms with Gasteiger partial charge in [-0.25, -0.2) is 8.78 Å². The second-order valence-electron chi connectivity index (χ2n) is 7.20. The number of aryl methyl sites for hydroxylation is 1. The lowest BCUT2D eigenvalue weighted by atomic mass is 10.0. The van der Waals surface area contributed by atoms with E-state index in [0.29, 0.717) is 36.9 Å². The smallest absolute Gasteiger partial charge is 0.152 e. The Morgan fingerprint density at radius 2 is 1.96 bits per heavy atom. The maximum absolute atomic E-state index is 14.4. The molecule has 2 rings (SSSR count). The Labute approximate surface area is 155 Å². The third-order valence-corrected chi connectivity index (χ3v) is 4.75. The molecule has 0 spiro atoms. The Morgan fingerprint density at radius 1 is 1.35 bits per heavy atom. The number of rotatable bonds is 9. The van der Waals surface area contributed by atoms with E-state index < -0.39 is 5.67 Å². The van der Waals surface area contributed by atoms with Crippen molar-refractivity contribution in [1.82, 2.24) is 5.01 Å². The van der Waals surface area contributed by atoms with Crippen LogP contribution < -0.4 is 5.73 Å². The van der Waals surface area contributed by atoms with Crippen LogP contribution in [0.1, 0.15) is 51.2 Å². The van der Waals surface area contributed by atoms with Crippen LogP contribution >= 0.6 is 0 Å². The summed E-state index contributed by atoms with van der Waals surface area (Å²) in [7, 11) is 0. The molecular formula is C21H29F2N3. The maximum Gasteiger partial charge on any atom is 0.152 e. The summed E-state index contributed by atoms with van der Waals surface area (Å²) in [6.07, 6.45) is 2.99. The number of alkyl halides is 1. The van der Waals surface area contributed by atoms with E-state index in [2.05, 4.69) is 11.7 Å². The molecule has 26 heavy (non-hydrogen) atoms. The molecule has 2 N–H and O–H groups in total. The molecule has 142 valence electrons. The summed E-state index contributed by atoms with van der Waals surface area (Å²) < 4.78 is 26.9. The molecule has 1 aliphatic carbocycles. The van der Waals surface area contributed by atoms with Crippen LogP contribution in [0.4, 0.5) is 8.78 Å². The first-order valence-electron chi connectivity index (χ1n) is 9.11. The van der Waals surface area contributed by atoms with Crippen molar-refractivity contribution in [2.45, 2.75) is 58.2 Å². The van der Waals surface area contributed by atoms with Crippen molar-refractivity contribution in [3.8, 4) is 0 Å². The Balaban J connectivity index is 2.08. The van der Waals surface area contributed by atoms with Gasteiger partial charge in [-0.05, 0) is 63.2 Å². The fourth-order valence-corrected chi connectivity index (χ4v) is 2.73. The van der Waals surface area contributed by atoms with Gasteiger partial charge in [0.25, 0.3) is 0 Å². The van der Waals surface area contributed by atoms with Crippen LogP contribution in [0.2, 0.25) is 0 Å². The van der Waals surface area contributed by atoms with Crippen LogP contribution in [0.5, 0.6) is 0 Å². The molecule has 0 unspecified atom stereocenters. The SMILES string of the molecule is C=C(N(/N=C(\C)c1ccc(CC/C(=C/F)CN)cc1)C(C)C)C1(F)CC1. The highest BCUT2D eigenvalue weighted by Gasteiger charge is 2.48. The van der Waals surface area contributed by atoms with Crippen LogP contribution in [0.15, 0.2) is 53.5 Å². The van der Waals surface area contributed by atoms with Crippen molar-refractivity contribution in [1.29, 1.82) is 0 Å². The van der Waals surface area contributed by atoms with Crippen molar-refractivity contribution in [3.05, 3.63) is 59.6 Å². The van der Waals surface area contributed by atoms with Crippen LogP contribution in [-0.2, 0) is 6.42 Å². The molecule has 0 radical (unpaired) electrons. The van der Waals surface area contributed by atoms with Crippen molar-refractivity contribution in [3.63, 3.8) is 0 Å². The Hall–Kier alpha value is -2.01. The van der Waals surface area contributed by atoms with Gasteiger partial charge in [0.1, 0.15) is 0 Å². The lowest BCUT2D eigenvalue weighted by Crippen LogP contribution is -2.31. The molecule has 1 aromatic carbocycles. The zero-order valence-corrected chi connectivity index (χ0v) is 15.9. The summed E-state index contributed by atoms with van der Waals surface area (Å²) in [6, 6.07) is 8.02. The van der Waals surface area contributed by atoms with E-state index in [1.165, 1.54) is 0 Å². The van der Waals surface area contributed by atoms with Crippen LogP contribution in [-0.4, -0.2) is 29.0 Å². The van der Waals surface area contributed by atoms with E-state index in [9.17, 15) is 8.78 Å². The summed E-state index contributed by atoms with van der Waals surface area (Å²) in [5.41, 5.74) is 8.13. The number of allylic oxidation sites excluding steroid dienone is 1. The topological polar surface area (TPSA) is 41.6 Å². The van der Waals surface area contributed by atoms with E-state index in [1.807, 2.05) is 45.0 Å². The Bertz CT molecular complexity index is 686. The van der Waals surface area contributed by atoms with E-state index in [1.54, 1.807) is 5.01 Å². The predicted octanol–water partition coefficient (Wildman–Crippen LogP) is 4.88. The van der Waals surface area contributed by atoms with E-state index >= 15 is 0 Å². The summed E-state index contributed by atoms with van der Waals surface area (Å²) in [4.78, 5) is 0. The monoisotopic (exact) mass is 361 g/mol. The number of hydrogen-bond donors (Lipinski definition) is 1. The number of halogens is 2. The minimum atomic E-state index is -1.29. The van der Waals surface area contributed by atoms with E-state index in [-0.39, 0.29) is 12.6 Å². The zero-order valence-electron chi connectivity index (χ0n) is 15.9. The minimum absolute atomic E-state index is 0.0344. The first-order chi connectivity index (χ1) is 12.3. The number of nitrogens with zero attached hydrogens (tertiary/aromatic N) is 2. The standard InChI is InChI=1S/C21H29F2N3/c1-15(2)26(17(4)21(23)11-12-21)25-16(3)20-9-7-18(8-10-20)5-6-19(13-22)14-24/h7-10,13,15H,4-6,11-12,14,24H2,1-3H3/b19-13-,25-16+. The molecule has 0 atom stereocenters. The molecule has 1 fully saturated rings. The molecule has 0 aromatic heterocycles. The number of benzene rings is 1. The lowest BCUT2D eigenvalue weighted by molar-refractivity contribution is 0.217. The van der Waals surface area contributed by atoms with Crippen molar-refractivity contribution >= 4 is 5.71 Å². The van der Waals surface area contributed by atoms with Gasteiger partial charge in [0.2, 0.25) is 0 Å². The molecule has 5 heteroatoms. The third kappa shape index (κ3) is 5.01. The van der Waals surface area contributed by atoms with Crippen LogP contribution in [0, 0.1) is 0 Å². The first-order valence-corrected chi connectivity index (χ1v) is 9.11. The van der Waals surface area contributed by atoms with Gasteiger partial charge in [0.15, 0.2) is 5.67 Å². The van der Waals surface area contributed by atoms with Gasteiger partial charge in [0.05, 0.1) is 17.7 Å². The fourth-order valence-electron chi connectivity index (χ4n) is 2.73. The number of nitrogens with two attached hydrogens (primary N) is 1. The molecular weight excluding hydrogens is 332 g/mol. The highest BCUT2D eigenvalue weighted by atomic mass is 19.1. The molecule has 0 saturated heterocycles. The van der Waals surface area contributed by atoms with Gasteiger partial charge >= 0.3 is 0 Å². The largest absolute Gasteiger partial charge is 0.327 e. The van der Waals surface area contributed by atoms with Crippen LogP contribution in [0.3, 0.4) is 0 Å². The fraction of sp³-hybridized carbons (Fsp3) is 0.476. The van der Waals surface area contributed by atoms with Gasteiger partial charge in [-0.1, -0.05) is 30.8 Å². The Kier molecular flexibility index (Phi) is 6.70. The van der Waals surface area contributed by atoms with Gasteiger partial charge in [0, 0.05) is 12.6 Å². The average Bonchev–Trinajstić information content (AvgIpc) is 3.39. The third-order valence-electron chi connectivity index (χ3n) is 4.75. The lowest BCUT2D eigenvalue weighted by Gasteiger charge is -2.28. The molecule has 0 heterocycles. The second-order valence-corrected chi connectivity index (χ2v) is 7.20. The van der Waals surface area contributed by atoms with Crippen molar-refractivity contribution in [2.24, 2.45) is 10.8 Å². The molecule has 0 aliphatic heterocycles. The van der Waals surface area contributed by atoms with E-state index in [4.69, 9.17) is 5.73 Å². The van der Waals surface area contributed by atoms with Crippen molar-refractivity contribution in [2.75, 3.05) is 6.54 Å². The zero-order chi connectivity index (χ0) is 19.3. The quantitative estimate of drug-likeness (QED) is 0.503. The molecule has 1 aliphatic rings. The van der Waals surface area contributed by atoms with Gasteiger partial charge < -0.3 is 5.73 Å². The molecule has 0 amide bonds. The number of hydrogen-bond acceptors (Lipinski definition) is 3. The summed E-state index contributed by atoms with van der Waals surface area (Å²) in [6.45, 7) is 10.0. The van der Waals surface area contributed by atoms with Gasteiger partial charge in [-0.15, -0.1) is 0 Å². The van der Waals surface area contributed by atoms with Crippen molar-refractivity contribution < 1.29 is 8.78 Å². The summed E-state index contributed by atoms with van der Waals surface area (Å²) in [5.74, 6) is 0. The van der Waals surface area contributed by atoms with Gasteiger partial charge in [-0.2, -0.15) is 5.10 Å². The number of hydrazone groups is 1. The summed E-state index contributed by atoms with van der Waals surface area (Å²) in [5, 5.41) is 6.31. The van der Waals surface area contributed by atoms with E-state index in [0.717, 1.165) is 23.3 Å². The molecule has 1 aromatic rings. The first kappa shape index (κ1) is 20.3. The highest BCUT2D eigenvalue weighted by molar-refractivity contribution is 5.98. The Morgan fingerprint density at radius 3 is 2.42 bits per heavy atom. The summed E-state index contributed by atoms with van der Waals surface area (Å²) >= 11 is 0. The maximum atomic E-state index is 14.4. The second kappa shape index (κ2) is 8.58. The molecule has 3 nitrogen and oxygen atoms in total. The molecule has 0 bridgehead atoms. The van der Waals surface area contributed by atoms with Crippen LogP contribution in [0.25, 0.3) is 0 Å². The highest BCUT2D eigenvalue weighted by Crippen LogP contribution is 2.47. The minimum Gasteiger partial charge on any atom is -0.327 e.